The molecule has 0 fully saturated rings. The molecule has 0 aliphatic heterocycles. The highest BCUT2D eigenvalue weighted by Gasteiger charge is 2.07. The molecule has 0 unspecified atom stereocenters. The van der Waals surface area contributed by atoms with Gasteiger partial charge in [-0.25, -0.2) is 0 Å². The third-order valence-electron chi connectivity index (χ3n) is 3.69. The highest BCUT2D eigenvalue weighted by atomic mass is 32.1. The molecule has 1 amide bonds. The van der Waals surface area contributed by atoms with Crippen LogP contribution in [0.3, 0.4) is 0 Å². The van der Waals surface area contributed by atoms with Gasteiger partial charge in [0.1, 0.15) is 18.9 Å². The van der Waals surface area contributed by atoms with Crippen molar-refractivity contribution in [1.82, 2.24) is 9.88 Å². The lowest BCUT2D eigenvalue weighted by molar-refractivity contribution is -0.121. The minimum Gasteiger partial charge on any atom is -0.492 e. The summed E-state index contributed by atoms with van der Waals surface area (Å²) in [6, 6.07) is 14.0. The van der Waals surface area contributed by atoms with Gasteiger partial charge in [0, 0.05) is 11.1 Å². The van der Waals surface area contributed by atoms with Crippen molar-refractivity contribution in [3.63, 3.8) is 0 Å². The van der Waals surface area contributed by atoms with Gasteiger partial charge in [0.15, 0.2) is 0 Å². The maximum Gasteiger partial charge on any atom is 0.307 e. The molecule has 124 valence electrons. The van der Waals surface area contributed by atoms with Crippen LogP contribution < -0.4 is 14.9 Å². The van der Waals surface area contributed by atoms with Crippen molar-refractivity contribution < 1.29 is 9.53 Å². The summed E-state index contributed by atoms with van der Waals surface area (Å²) in [6.45, 7) is 2.63. The molecule has 0 spiro atoms. The summed E-state index contributed by atoms with van der Waals surface area (Å²) in [5.41, 5.74) is 0.799. The van der Waals surface area contributed by atoms with Crippen molar-refractivity contribution >= 4 is 28.0 Å². The van der Waals surface area contributed by atoms with E-state index in [9.17, 15) is 9.59 Å². The molecule has 0 saturated carbocycles. The molecule has 24 heavy (non-hydrogen) atoms. The average molecular weight is 342 g/mol. The second-order valence-corrected chi connectivity index (χ2v) is 6.26. The highest BCUT2D eigenvalue weighted by molar-refractivity contribution is 7.07. The van der Waals surface area contributed by atoms with Crippen LogP contribution in [-0.4, -0.2) is 23.6 Å². The molecule has 2 aromatic carbocycles. The summed E-state index contributed by atoms with van der Waals surface area (Å²) in [4.78, 5) is 23.3. The van der Waals surface area contributed by atoms with Crippen LogP contribution >= 0.6 is 11.3 Å². The first kappa shape index (κ1) is 16.3. The van der Waals surface area contributed by atoms with Crippen LogP contribution in [0.4, 0.5) is 0 Å². The van der Waals surface area contributed by atoms with Gasteiger partial charge < -0.3 is 10.1 Å². The maximum atomic E-state index is 11.9. The van der Waals surface area contributed by atoms with E-state index in [2.05, 4.69) is 5.32 Å². The number of ether oxygens (including phenoxy) is 1. The van der Waals surface area contributed by atoms with Gasteiger partial charge in [0.25, 0.3) is 0 Å². The molecule has 0 aliphatic carbocycles. The van der Waals surface area contributed by atoms with Crippen LogP contribution in [0.1, 0.15) is 5.69 Å². The van der Waals surface area contributed by atoms with Gasteiger partial charge in [-0.05, 0) is 29.8 Å². The Balaban J connectivity index is 1.47. The summed E-state index contributed by atoms with van der Waals surface area (Å²) < 4.78 is 7.13. The Morgan fingerprint density at radius 1 is 1.21 bits per heavy atom. The summed E-state index contributed by atoms with van der Waals surface area (Å²) in [6.07, 6.45) is 0. The van der Waals surface area contributed by atoms with Gasteiger partial charge in [-0.15, -0.1) is 0 Å². The van der Waals surface area contributed by atoms with Gasteiger partial charge in [-0.1, -0.05) is 41.7 Å². The van der Waals surface area contributed by atoms with Crippen LogP contribution in [0.25, 0.3) is 10.8 Å². The molecular weight excluding hydrogens is 324 g/mol. The first-order valence-electron chi connectivity index (χ1n) is 7.67. The van der Waals surface area contributed by atoms with Crippen LogP contribution in [0.2, 0.25) is 0 Å². The Labute approximate surface area is 143 Å². The Hall–Kier alpha value is -2.60. The van der Waals surface area contributed by atoms with Gasteiger partial charge in [0.2, 0.25) is 5.91 Å². The quantitative estimate of drug-likeness (QED) is 0.701. The predicted molar refractivity (Wildman–Crippen MR) is 95.8 cm³/mol. The molecule has 0 saturated heterocycles. The van der Waals surface area contributed by atoms with Crippen molar-refractivity contribution in [3.05, 3.63) is 63.2 Å². The third-order valence-corrected chi connectivity index (χ3v) is 4.57. The van der Waals surface area contributed by atoms with E-state index in [1.807, 2.05) is 49.4 Å². The lowest BCUT2D eigenvalue weighted by Gasteiger charge is -2.09. The monoisotopic (exact) mass is 342 g/mol. The molecule has 0 aliphatic rings. The molecule has 3 aromatic rings. The van der Waals surface area contributed by atoms with Crippen molar-refractivity contribution in [2.45, 2.75) is 13.5 Å². The van der Waals surface area contributed by atoms with Gasteiger partial charge in [-0.3, -0.25) is 14.2 Å². The van der Waals surface area contributed by atoms with Gasteiger partial charge in [-0.2, -0.15) is 0 Å². The third kappa shape index (κ3) is 3.83. The topological polar surface area (TPSA) is 60.3 Å². The summed E-state index contributed by atoms with van der Waals surface area (Å²) in [5.74, 6) is 0.577. The minimum atomic E-state index is -0.194. The number of amides is 1. The molecule has 5 nitrogen and oxygen atoms in total. The number of aromatic nitrogens is 1. The van der Waals surface area contributed by atoms with Crippen LogP contribution in [0.5, 0.6) is 5.75 Å². The number of carbonyl (C=O) groups excluding carboxylic acids is 1. The fourth-order valence-electron chi connectivity index (χ4n) is 2.41. The van der Waals surface area contributed by atoms with E-state index in [1.165, 1.54) is 4.57 Å². The lowest BCUT2D eigenvalue weighted by Crippen LogP contribution is -2.33. The van der Waals surface area contributed by atoms with E-state index >= 15 is 0 Å². The Kier molecular flexibility index (Phi) is 4.96. The first-order valence-corrected chi connectivity index (χ1v) is 8.55. The normalized spacial score (nSPS) is 10.7. The van der Waals surface area contributed by atoms with Crippen LogP contribution in [0.15, 0.2) is 52.6 Å². The molecule has 1 heterocycles. The van der Waals surface area contributed by atoms with Gasteiger partial charge in [0.05, 0.1) is 6.54 Å². The SMILES string of the molecule is Cc1csc(=O)n1CC(=O)NCCOc1ccc2ccccc2c1. The van der Waals surface area contributed by atoms with Crippen LogP contribution in [0, 0.1) is 6.92 Å². The van der Waals surface area contributed by atoms with Gasteiger partial charge >= 0.3 is 4.87 Å². The zero-order valence-electron chi connectivity index (χ0n) is 13.3. The fraction of sp³-hybridized carbons (Fsp3) is 0.222. The average Bonchev–Trinajstić information content (AvgIpc) is 2.90. The Morgan fingerprint density at radius 3 is 2.75 bits per heavy atom. The fourth-order valence-corrected chi connectivity index (χ4v) is 3.15. The van der Waals surface area contributed by atoms with E-state index in [-0.39, 0.29) is 17.3 Å². The number of aryl methyl sites for hydroxylation is 1. The van der Waals surface area contributed by atoms with E-state index < -0.39 is 0 Å². The number of thiazole rings is 1. The molecule has 0 atom stereocenters. The molecule has 0 bridgehead atoms. The smallest absolute Gasteiger partial charge is 0.307 e. The number of hydrogen-bond donors (Lipinski definition) is 1. The highest BCUT2D eigenvalue weighted by Crippen LogP contribution is 2.20. The number of benzene rings is 2. The number of rotatable bonds is 6. The van der Waals surface area contributed by atoms with Crippen molar-refractivity contribution in [2.24, 2.45) is 0 Å². The number of hydrogen-bond acceptors (Lipinski definition) is 4. The largest absolute Gasteiger partial charge is 0.492 e. The lowest BCUT2D eigenvalue weighted by atomic mass is 10.1. The van der Waals surface area contributed by atoms with Crippen molar-refractivity contribution in [3.8, 4) is 5.75 Å². The first-order chi connectivity index (χ1) is 11.6. The maximum absolute atomic E-state index is 11.9. The van der Waals surface area contributed by atoms with E-state index in [4.69, 9.17) is 4.74 Å². The standard InChI is InChI=1S/C18H18N2O3S/c1-13-12-24-18(22)20(13)11-17(21)19-8-9-23-16-7-6-14-4-2-3-5-15(14)10-16/h2-7,10,12H,8-9,11H2,1H3,(H,19,21). The Bertz CT molecular complexity index is 914. The molecule has 6 heteroatoms. The minimum absolute atomic E-state index is 0.0458. The summed E-state index contributed by atoms with van der Waals surface area (Å²) in [5, 5.41) is 6.79. The molecule has 0 radical (unpaired) electrons. The molecule has 3 rings (SSSR count). The summed E-state index contributed by atoms with van der Waals surface area (Å²) >= 11 is 1.10. The van der Waals surface area contributed by atoms with Crippen LogP contribution in [-0.2, 0) is 11.3 Å². The van der Waals surface area contributed by atoms with E-state index in [1.54, 1.807) is 5.38 Å². The second-order valence-electron chi connectivity index (χ2n) is 5.44. The Morgan fingerprint density at radius 2 is 2.00 bits per heavy atom. The van der Waals surface area contributed by atoms with E-state index in [0.717, 1.165) is 33.6 Å². The number of nitrogens with zero attached hydrogens (tertiary/aromatic N) is 1. The predicted octanol–water partition coefficient (Wildman–Crippen LogP) is 2.57. The number of carbonyl (C=O) groups is 1. The van der Waals surface area contributed by atoms with Crippen molar-refractivity contribution in [1.29, 1.82) is 0 Å². The zero-order valence-corrected chi connectivity index (χ0v) is 14.1. The number of fused-ring (bicyclic) bond motifs is 1. The summed E-state index contributed by atoms with van der Waals surface area (Å²) in [7, 11) is 0. The molecule has 1 N–H and O–H groups in total. The molecule has 1 aromatic heterocycles. The number of nitrogens with one attached hydrogen (secondary N) is 1. The second kappa shape index (κ2) is 7.31. The van der Waals surface area contributed by atoms with E-state index in [0.29, 0.717) is 13.2 Å². The molecular formula is C18H18N2O3S. The van der Waals surface area contributed by atoms with Crippen molar-refractivity contribution in [2.75, 3.05) is 13.2 Å². The zero-order chi connectivity index (χ0) is 16.9.